The van der Waals surface area contributed by atoms with Crippen LogP contribution < -0.4 is 5.32 Å². The van der Waals surface area contributed by atoms with Crippen molar-refractivity contribution < 1.29 is 14.3 Å². The summed E-state index contributed by atoms with van der Waals surface area (Å²) in [7, 11) is 0. The summed E-state index contributed by atoms with van der Waals surface area (Å²) in [4.78, 5) is 28.1. The van der Waals surface area contributed by atoms with Crippen molar-refractivity contribution in [2.24, 2.45) is 0 Å². The summed E-state index contributed by atoms with van der Waals surface area (Å²) in [6.07, 6.45) is 0. The third kappa shape index (κ3) is 4.64. The second-order valence-electron chi connectivity index (χ2n) is 5.54. The van der Waals surface area contributed by atoms with Gasteiger partial charge in [-0.2, -0.15) is 5.10 Å². The molecule has 0 saturated heterocycles. The number of esters is 1. The number of amides is 1. The Balaban J connectivity index is 1.59. The smallest absolute Gasteiger partial charge is 0.356 e. The molecule has 3 aromatic rings. The molecule has 0 aliphatic rings. The summed E-state index contributed by atoms with van der Waals surface area (Å²) >= 11 is 11.9. The van der Waals surface area contributed by atoms with E-state index >= 15 is 0 Å². The average Bonchev–Trinajstić information content (AvgIpc) is 3.15. The van der Waals surface area contributed by atoms with Crippen molar-refractivity contribution >= 4 is 40.9 Å². The Morgan fingerprint density at radius 3 is 2.63 bits per heavy atom. The van der Waals surface area contributed by atoms with Crippen molar-refractivity contribution in [2.45, 2.75) is 6.92 Å². The van der Waals surface area contributed by atoms with Gasteiger partial charge in [0.25, 0.3) is 5.91 Å². The zero-order valence-electron chi connectivity index (χ0n) is 14.1. The number of hydrogen-bond donors (Lipinski definition) is 2. The number of benzene rings is 1. The van der Waals surface area contributed by atoms with Crippen molar-refractivity contribution in [1.82, 2.24) is 15.2 Å². The van der Waals surface area contributed by atoms with E-state index in [1.807, 2.05) is 30.3 Å². The van der Waals surface area contributed by atoms with Crippen LogP contribution in [0.5, 0.6) is 0 Å². The maximum atomic E-state index is 12.1. The van der Waals surface area contributed by atoms with E-state index in [1.165, 1.54) is 6.07 Å². The maximum Gasteiger partial charge on any atom is 0.356 e. The van der Waals surface area contributed by atoms with Gasteiger partial charge < -0.3 is 10.1 Å². The molecule has 138 valence electrons. The van der Waals surface area contributed by atoms with Crippen LogP contribution in [0.2, 0.25) is 10.0 Å². The number of pyridine rings is 1. The summed E-state index contributed by atoms with van der Waals surface area (Å²) in [5.74, 6) is -1.14. The highest BCUT2D eigenvalue weighted by Crippen LogP contribution is 2.25. The van der Waals surface area contributed by atoms with Gasteiger partial charge in [-0.3, -0.25) is 9.89 Å². The van der Waals surface area contributed by atoms with Crippen LogP contribution >= 0.6 is 23.2 Å². The number of H-pyrrole nitrogens is 1. The molecular weight excluding hydrogens is 391 g/mol. The number of carbonyl (C=O) groups is 2. The normalized spacial score (nSPS) is 10.5. The molecule has 0 bridgehead atoms. The van der Waals surface area contributed by atoms with Crippen LogP contribution in [-0.4, -0.2) is 33.7 Å². The van der Waals surface area contributed by atoms with Crippen molar-refractivity contribution in [1.29, 1.82) is 0 Å². The number of aromatic nitrogens is 3. The SMILES string of the molecule is Cc1nc(NC(=O)COC(=O)c2cc(-c3ccccc3)n[nH]2)c(Cl)cc1Cl. The number of anilines is 1. The minimum Gasteiger partial charge on any atom is -0.451 e. The van der Waals surface area contributed by atoms with Gasteiger partial charge in [-0.25, -0.2) is 9.78 Å². The Kier molecular flexibility index (Phi) is 5.73. The van der Waals surface area contributed by atoms with E-state index in [0.717, 1.165) is 5.56 Å². The molecule has 0 atom stereocenters. The van der Waals surface area contributed by atoms with Gasteiger partial charge in [0, 0.05) is 5.56 Å². The standard InChI is InChI=1S/C18H14Cl2N4O3/c1-10-12(19)7-13(20)17(21-10)22-16(25)9-27-18(26)15-8-14(23-24-15)11-5-3-2-4-6-11/h2-8H,9H2,1H3,(H,23,24)(H,21,22,25). The number of rotatable bonds is 5. The fourth-order valence-corrected chi connectivity index (χ4v) is 2.61. The molecule has 0 aliphatic heterocycles. The molecule has 1 amide bonds. The Labute approximate surface area is 164 Å². The van der Waals surface area contributed by atoms with E-state index in [9.17, 15) is 9.59 Å². The topological polar surface area (TPSA) is 97.0 Å². The van der Waals surface area contributed by atoms with Gasteiger partial charge in [0.2, 0.25) is 0 Å². The number of hydrogen-bond acceptors (Lipinski definition) is 5. The van der Waals surface area contributed by atoms with Crippen LogP contribution in [0, 0.1) is 6.92 Å². The molecule has 0 radical (unpaired) electrons. The molecule has 7 nitrogen and oxygen atoms in total. The summed E-state index contributed by atoms with van der Waals surface area (Å²) in [5, 5.41) is 9.71. The first-order chi connectivity index (χ1) is 12.9. The molecule has 2 aromatic heterocycles. The third-order valence-corrected chi connectivity index (χ3v) is 4.24. The van der Waals surface area contributed by atoms with Gasteiger partial charge in [0.15, 0.2) is 12.4 Å². The quantitative estimate of drug-likeness (QED) is 0.628. The van der Waals surface area contributed by atoms with Crippen molar-refractivity contribution in [3.8, 4) is 11.3 Å². The highest BCUT2D eigenvalue weighted by Gasteiger charge is 2.15. The highest BCUT2D eigenvalue weighted by atomic mass is 35.5. The molecule has 0 spiro atoms. The summed E-state index contributed by atoms with van der Waals surface area (Å²) < 4.78 is 4.99. The van der Waals surface area contributed by atoms with E-state index in [4.69, 9.17) is 27.9 Å². The predicted molar refractivity (Wildman–Crippen MR) is 102 cm³/mol. The Bertz CT molecular complexity index is 990. The molecule has 0 saturated carbocycles. The lowest BCUT2D eigenvalue weighted by atomic mass is 10.1. The van der Waals surface area contributed by atoms with Crippen LogP contribution in [0.3, 0.4) is 0 Å². The zero-order valence-corrected chi connectivity index (χ0v) is 15.6. The molecule has 2 heterocycles. The average molecular weight is 405 g/mol. The Morgan fingerprint density at radius 2 is 1.89 bits per heavy atom. The fraction of sp³-hybridized carbons (Fsp3) is 0.111. The molecule has 9 heteroatoms. The minimum absolute atomic E-state index is 0.139. The van der Waals surface area contributed by atoms with Gasteiger partial charge in [-0.15, -0.1) is 0 Å². The van der Waals surface area contributed by atoms with Crippen molar-refractivity contribution in [3.05, 3.63) is 63.9 Å². The molecule has 3 rings (SSSR count). The monoisotopic (exact) mass is 404 g/mol. The van der Waals surface area contributed by atoms with Crippen LogP contribution in [0.15, 0.2) is 42.5 Å². The van der Waals surface area contributed by atoms with E-state index in [0.29, 0.717) is 16.4 Å². The van der Waals surface area contributed by atoms with Crippen LogP contribution in [-0.2, 0) is 9.53 Å². The van der Waals surface area contributed by atoms with Gasteiger partial charge in [0.1, 0.15) is 5.69 Å². The molecule has 0 unspecified atom stereocenters. The predicted octanol–water partition coefficient (Wildman–Crippen LogP) is 3.88. The van der Waals surface area contributed by atoms with Crippen LogP contribution in [0.25, 0.3) is 11.3 Å². The summed E-state index contributed by atoms with van der Waals surface area (Å²) in [6, 6.07) is 12.4. The number of carbonyl (C=O) groups excluding carboxylic acids is 2. The van der Waals surface area contributed by atoms with E-state index in [2.05, 4.69) is 20.5 Å². The second kappa shape index (κ2) is 8.20. The summed E-state index contributed by atoms with van der Waals surface area (Å²) in [5.41, 5.74) is 2.10. The van der Waals surface area contributed by atoms with Crippen molar-refractivity contribution in [2.75, 3.05) is 11.9 Å². The zero-order chi connectivity index (χ0) is 19.4. The van der Waals surface area contributed by atoms with E-state index in [-0.39, 0.29) is 16.5 Å². The number of halogens is 2. The van der Waals surface area contributed by atoms with Gasteiger partial charge in [-0.05, 0) is 19.1 Å². The largest absolute Gasteiger partial charge is 0.451 e. The highest BCUT2D eigenvalue weighted by molar-refractivity contribution is 6.36. The number of nitrogens with one attached hydrogen (secondary N) is 2. The fourth-order valence-electron chi connectivity index (χ4n) is 2.21. The maximum absolute atomic E-state index is 12.1. The molecule has 1 aromatic carbocycles. The first-order valence-corrected chi connectivity index (χ1v) is 8.60. The molecular formula is C18H14Cl2N4O3. The van der Waals surface area contributed by atoms with E-state index in [1.54, 1.807) is 13.0 Å². The number of aromatic amines is 1. The lowest BCUT2D eigenvalue weighted by Crippen LogP contribution is -2.22. The first kappa shape index (κ1) is 18.9. The number of aryl methyl sites for hydroxylation is 1. The first-order valence-electron chi connectivity index (χ1n) is 7.84. The van der Waals surface area contributed by atoms with Gasteiger partial charge in [0.05, 0.1) is 21.4 Å². The van der Waals surface area contributed by atoms with Crippen LogP contribution in [0.4, 0.5) is 5.82 Å². The second-order valence-corrected chi connectivity index (χ2v) is 6.36. The molecule has 27 heavy (non-hydrogen) atoms. The van der Waals surface area contributed by atoms with Gasteiger partial charge >= 0.3 is 5.97 Å². The third-order valence-electron chi connectivity index (χ3n) is 3.56. The number of ether oxygens (including phenoxy) is 1. The van der Waals surface area contributed by atoms with Crippen molar-refractivity contribution in [3.63, 3.8) is 0 Å². The molecule has 2 N–H and O–H groups in total. The molecule has 0 aliphatic carbocycles. The lowest BCUT2D eigenvalue weighted by molar-refractivity contribution is -0.119. The van der Waals surface area contributed by atoms with Gasteiger partial charge in [-0.1, -0.05) is 53.5 Å². The number of nitrogens with zero attached hydrogens (tertiary/aromatic N) is 2. The van der Waals surface area contributed by atoms with Crippen LogP contribution in [0.1, 0.15) is 16.2 Å². The van der Waals surface area contributed by atoms with E-state index < -0.39 is 18.5 Å². The lowest BCUT2D eigenvalue weighted by Gasteiger charge is -2.08. The summed E-state index contributed by atoms with van der Waals surface area (Å²) in [6.45, 7) is 1.18. The minimum atomic E-state index is -0.703. The Morgan fingerprint density at radius 1 is 1.15 bits per heavy atom. The Hall–Kier alpha value is -2.90. The molecule has 0 fully saturated rings.